The number of aromatic nitrogens is 2. The lowest BCUT2D eigenvalue weighted by molar-refractivity contribution is -0.131. The number of piperazine rings is 1. The van der Waals surface area contributed by atoms with E-state index in [1.54, 1.807) is 11.3 Å². The molecule has 0 spiro atoms. The van der Waals surface area contributed by atoms with E-state index >= 15 is 0 Å². The summed E-state index contributed by atoms with van der Waals surface area (Å²) in [5.74, 6) is 1.54. The smallest absolute Gasteiger partial charge is 0.257 e. The molecule has 0 unspecified atom stereocenters. The topological polar surface area (TPSA) is 65.7 Å². The molecular weight excluding hydrogens is 350 g/mol. The number of nitrogens with zero attached hydrogens (tertiary/aromatic N) is 5. The van der Waals surface area contributed by atoms with Crippen LogP contribution in [0.1, 0.15) is 31.7 Å². The summed E-state index contributed by atoms with van der Waals surface area (Å²) >= 11 is 1.60. The summed E-state index contributed by atoms with van der Waals surface area (Å²) in [7, 11) is 0. The average Bonchev–Trinajstić information content (AvgIpc) is 3.43. The standard InChI is InChI=1S/C18H25N5O2S/c1-14(17-19-20-18(25-17)15-5-4-12-26-15)22-10-8-21(9-11-22)13-16(24)23-6-2-3-7-23/h4-5,12,14H,2-3,6-11,13H2,1H3/t14-/m0/s1. The van der Waals surface area contributed by atoms with Gasteiger partial charge in [0.1, 0.15) is 0 Å². The van der Waals surface area contributed by atoms with Gasteiger partial charge in [0, 0.05) is 39.3 Å². The highest BCUT2D eigenvalue weighted by atomic mass is 32.1. The maximum Gasteiger partial charge on any atom is 0.257 e. The van der Waals surface area contributed by atoms with Gasteiger partial charge in [-0.25, -0.2) is 0 Å². The zero-order chi connectivity index (χ0) is 17.9. The Labute approximate surface area is 157 Å². The Hall–Kier alpha value is -1.77. The molecular formula is C18H25N5O2S. The van der Waals surface area contributed by atoms with Crippen LogP contribution in [-0.4, -0.2) is 76.6 Å². The molecule has 7 nitrogen and oxygen atoms in total. The van der Waals surface area contributed by atoms with Crippen molar-refractivity contribution in [1.82, 2.24) is 24.9 Å². The van der Waals surface area contributed by atoms with Crippen LogP contribution >= 0.6 is 11.3 Å². The van der Waals surface area contributed by atoms with Gasteiger partial charge in [-0.1, -0.05) is 6.07 Å². The number of rotatable bonds is 5. The van der Waals surface area contributed by atoms with E-state index in [0.29, 0.717) is 18.3 Å². The molecule has 2 aromatic heterocycles. The van der Waals surface area contributed by atoms with Crippen LogP contribution in [0.3, 0.4) is 0 Å². The Morgan fingerprint density at radius 1 is 1.19 bits per heavy atom. The zero-order valence-corrected chi connectivity index (χ0v) is 16.0. The first-order valence-electron chi connectivity index (χ1n) is 9.32. The third kappa shape index (κ3) is 3.82. The predicted molar refractivity (Wildman–Crippen MR) is 99.9 cm³/mol. The lowest BCUT2D eigenvalue weighted by Gasteiger charge is -2.37. The van der Waals surface area contributed by atoms with Crippen LogP contribution < -0.4 is 0 Å². The maximum absolute atomic E-state index is 12.3. The summed E-state index contributed by atoms with van der Waals surface area (Å²) in [5, 5.41) is 10.4. The van der Waals surface area contributed by atoms with Crippen molar-refractivity contribution in [3.63, 3.8) is 0 Å². The molecule has 0 bridgehead atoms. The van der Waals surface area contributed by atoms with E-state index in [1.165, 1.54) is 0 Å². The fraction of sp³-hybridized carbons (Fsp3) is 0.611. The second-order valence-electron chi connectivity index (χ2n) is 7.00. The fourth-order valence-electron chi connectivity index (χ4n) is 3.63. The van der Waals surface area contributed by atoms with E-state index in [9.17, 15) is 4.79 Å². The van der Waals surface area contributed by atoms with Crippen LogP contribution in [0.25, 0.3) is 10.8 Å². The molecule has 2 fully saturated rings. The van der Waals surface area contributed by atoms with Gasteiger partial charge in [-0.05, 0) is 31.2 Å². The van der Waals surface area contributed by atoms with Crippen LogP contribution in [0.15, 0.2) is 21.9 Å². The van der Waals surface area contributed by atoms with Crippen LogP contribution in [-0.2, 0) is 4.79 Å². The number of hydrogen-bond acceptors (Lipinski definition) is 7. The van der Waals surface area contributed by atoms with Crippen LogP contribution in [0.2, 0.25) is 0 Å². The van der Waals surface area contributed by atoms with Gasteiger partial charge >= 0.3 is 0 Å². The highest BCUT2D eigenvalue weighted by molar-refractivity contribution is 7.13. The van der Waals surface area contributed by atoms with E-state index in [2.05, 4.69) is 26.9 Å². The second kappa shape index (κ2) is 7.85. The molecule has 4 rings (SSSR count). The van der Waals surface area contributed by atoms with E-state index in [0.717, 1.165) is 57.0 Å². The quantitative estimate of drug-likeness (QED) is 0.797. The predicted octanol–water partition coefficient (Wildman–Crippen LogP) is 2.10. The molecule has 8 heteroatoms. The molecule has 4 heterocycles. The van der Waals surface area contributed by atoms with Crippen molar-refractivity contribution in [1.29, 1.82) is 0 Å². The van der Waals surface area contributed by atoms with Crippen LogP contribution in [0, 0.1) is 0 Å². The summed E-state index contributed by atoms with van der Waals surface area (Å²) < 4.78 is 5.87. The van der Waals surface area contributed by atoms with Crippen molar-refractivity contribution < 1.29 is 9.21 Å². The van der Waals surface area contributed by atoms with Crippen molar-refractivity contribution in [2.24, 2.45) is 0 Å². The first kappa shape index (κ1) is 17.6. The minimum absolute atomic E-state index is 0.0904. The molecule has 140 valence electrons. The molecule has 2 saturated heterocycles. The van der Waals surface area contributed by atoms with Crippen LogP contribution in [0.5, 0.6) is 0 Å². The normalized spacial score (nSPS) is 20.6. The summed E-state index contributed by atoms with van der Waals surface area (Å²) in [5.41, 5.74) is 0. The van der Waals surface area contributed by atoms with Gasteiger partial charge in [0.05, 0.1) is 17.5 Å². The van der Waals surface area contributed by atoms with Gasteiger partial charge in [-0.3, -0.25) is 14.6 Å². The number of carbonyl (C=O) groups is 1. The van der Waals surface area contributed by atoms with Gasteiger partial charge in [-0.2, -0.15) is 0 Å². The number of likely N-dealkylation sites (tertiary alicyclic amines) is 1. The second-order valence-corrected chi connectivity index (χ2v) is 7.95. The third-order valence-electron chi connectivity index (χ3n) is 5.30. The minimum atomic E-state index is 0.0904. The van der Waals surface area contributed by atoms with Gasteiger partial charge in [-0.15, -0.1) is 21.5 Å². The Morgan fingerprint density at radius 3 is 2.65 bits per heavy atom. The highest BCUT2D eigenvalue weighted by Crippen LogP contribution is 2.27. The Balaban J connectivity index is 1.29. The summed E-state index contributed by atoms with van der Waals surface area (Å²) in [6.07, 6.45) is 2.29. The van der Waals surface area contributed by atoms with Crippen molar-refractivity contribution in [3.05, 3.63) is 23.4 Å². The average molecular weight is 375 g/mol. The van der Waals surface area contributed by atoms with Crippen molar-refractivity contribution in [2.45, 2.75) is 25.8 Å². The molecule has 0 N–H and O–H groups in total. The summed E-state index contributed by atoms with van der Waals surface area (Å²) in [6, 6.07) is 4.06. The molecule has 0 radical (unpaired) electrons. The first-order valence-corrected chi connectivity index (χ1v) is 10.2. The maximum atomic E-state index is 12.3. The van der Waals surface area contributed by atoms with E-state index in [1.807, 2.05) is 22.4 Å². The van der Waals surface area contributed by atoms with Gasteiger partial charge in [0.2, 0.25) is 11.8 Å². The summed E-state index contributed by atoms with van der Waals surface area (Å²) in [6.45, 7) is 8.13. The SMILES string of the molecule is C[C@@H](c1nnc(-c2cccs2)o1)N1CCN(CC(=O)N2CCCC2)CC1. The molecule has 1 atom stereocenters. The Morgan fingerprint density at radius 2 is 1.96 bits per heavy atom. The lowest BCUT2D eigenvalue weighted by atomic mass is 10.2. The molecule has 2 aliphatic heterocycles. The van der Waals surface area contributed by atoms with E-state index in [-0.39, 0.29) is 11.9 Å². The van der Waals surface area contributed by atoms with E-state index < -0.39 is 0 Å². The largest absolute Gasteiger partial charge is 0.418 e. The molecule has 2 aliphatic rings. The van der Waals surface area contributed by atoms with Gasteiger partial charge in [0.15, 0.2) is 0 Å². The molecule has 0 saturated carbocycles. The third-order valence-corrected chi connectivity index (χ3v) is 6.16. The van der Waals surface area contributed by atoms with Crippen molar-refractivity contribution >= 4 is 17.2 Å². The zero-order valence-electron chi connectivity index (χ0n) is 15.1. The number of hydrogen-bond donors (Lipinski definition) is 0. The van der Waals surface area contributed by atoms with Crippen molar-refractivity contribution in [2.75, 3.05) is 45.8 Å². The molecule has 0 aromatic carbocycles. The molecule has 2 aromatic rings. The molecule has 26 heavy (non-hydrogen) atoms. The van der Waals surface area contributed by atoms with Crippen molar-refractivity contribution in [3.8, 4) is 10.8 Å². The Kier molecular flexibility index (Phi) is 5.33. The summed E-state index contributed by atoms with van der Waals surface area (Å²) in [4.78, 5) is 19.9. The Bertz CT molecular complexity index is 718. The highest BCUT2D eigenvalue weighted by Gasteiger charge is 2.28. The molecule has 1 amide bonds. The van der Waals surface area contributed by atoms with Crippen LogP contribution in [0.4, 0.5) is 0 Å². The molecule has 0 aliphatic carbocycles. The van der Waals surface area contributed by atoms with Gasteiger partial charge < -0.3 is 9.32 Å². The minimum Gasteiger partial charge on any atom is -0.418 e. The number of thiophene rings is 1. The number of amides is 1. The van der Waals surface area contributed by atoms with Gasteiger partial charge in [0.25, 0.3) is 5.89 Å². The number of carbonyl (C=O) groups excluding carboxylic acids is 1. The fourth-order valence-corrected chi connectivity index (χ4v) is 4.27. The first-order chi connectivity index (χ1) is 12.7. The monoisotopic (exact) mass is 375 g/mol. The van der Waals surface area contributed by atoms with E-state index in [4.69, 9.17) is 4.42 Å². The lowest BCUT2D eigenvalue weighted by Crippen LogP contribution is -2.50.